The first-order valence-electron chi connectivity index (χ1n) is 6.68. The molecule has 0 amide bonds. The van der Waals surface area contributed by atoms with Gasteiger partial charge in [-0.3, -0.25) is 4.90 Å². The molecule has 1 fully saturated rings. The van der Waals surface area contributed by atoms with E-state index < -0.39 is 6.10 Å². The van der Waals surface area contributed by atoms with Gasteiger partial charge in [-0.25, -0.2) is 0 Å². The highest BCUT2D eigenvalue weighted by Gasteiger charge is 2.35. The first-order chi connectivity index (χ1) is 8.51. The van der Waals surface area contributed by atoms with Crippen molar-refractivity contribution in [1.82, 2.24) is 4.90 Å². The van der Waals surface area contributed by atoms with Gasteiger partial charge in [0.15, 0.2) is 0 Å². The Balaban J connectivity index is 2.07. The number of aliphatic hydroxyl groups is 1. The zero-order valence-electron chi connectivity index (χ0n) is 11.2. The van der Waals surface area contributed by atoms with Crippen molar-refractivity contribution in [3.05, 3.63) is 34.9 Å². The summed E-state index contributed by atoms with van der Waals surface area (Å²) < 4.78 is 0. The van der Waals surface area contributed by atoms with Gasteiger partial charge in [-0.15, -0.1) is 0 Å². The molecule has 1 unspecified atom stereocenters. The molecule has 2 rings (SSSR count). The fraction of sp³-hybridized carbons (Fsp3) is 0.600. The molecule has 1 saturated heterocycles. The molecule has 18 heavy (non-hydrogen) atoms. The number of halogens is 1. The predicted molar refractivity (Wildman–Crippen MR) is 76.0 cm³/mol. The molecule has 1 heterocycles. The van der Waals surface area contributed by atoms with Crippen LogP contribution in [0.2, 0.25) is 5.02 Å². The second kappa shape index (κ2) is 5.60. The molecule has 0 radical (unpaired) electrons. The van der Waals surface area contributed by atoms with E-state index in [-0.39, 0.29) is 5.54 Å². The largest absolute Gasteiger partial charge is 0.391 e. The predicted octanol–water partition coefficient (Wildman–Crippen LogP) is 3.12. The molecule has 0 aromatic heterocycles. The normalized spacial score (nSPS) is 19.1. The minimum absolute atomic E-state index is 0.185. The molecule has 2 nitrogen and oxygen atoms in total. The number of aliphatic hydroxyl groups excluding tert-OH is 1. The van der Waals surface area contributed by atoms with Crippen molar-refractivity contribution in [3.8, 4) is 0 Å². The Kier molecular flexibility index (Phi) is 4.31. The summed E-state index contributed by atoms with van der Waals surface area (Å²) in [6, 6.07) is 7.76. The van der Waals surface area contributed by atoms with Crippen LogP contribution in [-0.4, -0.2) is 34.7 Å². The molecule has 1 N–H and O–H groups in total. The smallest absolute Gasteiger partial charge is 0.0759 e. The van der Waals surface area contributed by atoms with Crippen LogP contribution in [0.15, 0.2) is 24.3 Å². The van der Waals surface area contributed by atoms with Gasteiger partial charge < -0.3 is 5.11 Å². The van der Waals surface area contributed by atoms with Crippen molar-refractivity contribution in [3.63, 3.8) is 0 Å². The van der Waals surface area contributed by atoms with Crippen LogP contribution in [0, 0.1) is 0 Å². The summed E-state index contributed by atoms with van der Waals surface area (Å²) in [4.78, 5) is 2.38. The molecular weight excluding hydrogens is 246 g/mol. The number of hydrogen-bond donors (Lipinski definition) is 1. The highest BCUT2D eigenvalue weighted by atomic mass is 35.5. The lowest BCUT2D eigenvalue weighted by Crippen LogP contribution is -2.51. The molecule has 1 aromatic carbocycles. The van der Waals surface area contributed by atoms with Crippen molar-refractivity contribution < 1.29 is 5.11 Å². The van der Waals surface area contributed by atoms with Crippen molar-refractivity contribution in [1.29, 1.82) is 0 Å². The summed E-state index contributed by atoms with van der Waals surface area (Å²) >= 11 is 6.15. The third kappa shape index (κ3) is 2.87. The van der Waals surface area contributed by atoms with Crippen molar-refractivity contribution in [2.45, 2.75) is 44.8 Å². The van der Waals surface area contributed by atoms with E-state index in [2.05, 4.69) is 18.7 Å². The van der Waals surface area contributed by atoms with Crippen LogP contribution in [0.3, 0.4) is 0 Å². The summed E-state index contributed by atoms with van der Waals surface area (Å²) in [5.41, 5.74) is 0.842. The molecule has 1 aliphatic rings. The molecule has 0 spiro atoms. The van der Waals surface area contributed by atoms with Gasteiger partial charge in [0, 0.05) is 17.0 Å². The number of hydrogen-bond acceptors (Lipinski definition) is 2. The van der Waals surface area contributed by atoms with Crippen LogP contribution in [-0.2, 0) is 6.42 Å². The fourth-order valence-corrected chi connectivity index (χ4v) is 2.84. The molecule has 100 valence electrons. The maximum atomic E-state index is 10.5. The van der Waals surface area contributed by atoms with Gasteiger partial charge in [0.2, 0.25) is 0 Å². The minimum Gasteiger partial charge on any atom is -0.391 e. The van der Waals surface area contributed by atoms with Crippen LogP contribution < -0.4 is 0 Å². The average molecular weight is 268 g/mol. The number of benzene rings is 1. The lowest BCUT2D eigenvalue weighted by Gasteiger charge is -2.39. The molecular formula is C15H22ClNO. The molecule has 0 bridgehead atoms. The van der Waals surface area contributed by atoms with Crippen molar-refractivity contribution in [2.75, 3.05) is 13.1 Å². The standard InChI is InChI=1S/C15H22ClNO/c1-15(2,17-9-5-6-10-17)14(18)11-12-7-3-4-8-13(12)16/h3-4,7-8,14,18H,5-6,9-11H2,1-2H3. The molecule has 1 aliphatic heterocycles. The molecule has 0 aliphatic carbocycles. The SMILES string of the molecule is CC(C)(C(O)Cc1ccccc1Cl)N1CCCC1. The number of likely N-dealkylation sites (tertiary alicyclic amines) is 1. The third-order valence-corrected chi connectivity index (χ3v) is 4.48. The lowest BCUT2D eigenvalue weighted by atomic mass is 9.90. The maximum Gasteiger partial charge on any atom is 0.0759 e. The van der Waals surface area contributed by atoms with Gasteiger partial charge in [0.05, 0.1) is 6.10 Å². The summed E-state index contributed by atoms with van der Waals surface area (Å²) in [5.74, 6) is 0. The van der Waals surface area contributed by atoms with Crippen LogP contribution >= 0.6 is 11.6 Å². The van der Waals surface area contributed by atoms with E-state index in [4.69, 9.17) is 11.6 Å². The quantitative estimate of drug-likeness (QED) is 0.906. The first-order valence-corrected chi connectivity index (χ1v) is 7.06. The van der Waals surface area contributed by atoms with Gasteiger partial charge in [-0.1, -0.05) is 29.8 Å². The Bertz CT molecular complexity index is 399. The van der Waals surface area contributed by atoms with Crippen LogP contribution in [0.4, 0.5) is 0 Å². The lowest BCUT2D eigenvalue weighted by molar-refractivity contribution is 0.00338. The van der Waals surface area contributed by atoms with Gasteiger partial charge in [-0.05, 0) is 51.4 Å². The Morgan fingerprint density at radius 2 is 1.89 bits per heavy atom. The average Bonchev–Trinajstić information content (AvgIpc) is 2.86. The minimum atomic E-state index is -0.393. The molecule has 3 heteroatoms. The van der Waals surface area contributed by atoms with Gasteiger partial charge in [0.25, 0.3) is 0 Å². The van der Waals surface area contributed by atoms with E-state index in [0.29, 0.717) is 6.42 Å². The van der Waals surface area contributed by atoms with E-state index >= 15 is 0 Å². The summed E-state index contributed by atoms with van der Waals surface area (Å²) in [7, 11) is 0. The molecule has 1 aromatic rings. The summed E-state index contributed by atoms with van der Waals surface area (Å²) in [6.45, 7) is 6.43. The van der Waals surface area contributed by atoms with Crippen LogP contribution in [0.5, 0.6) is 0 Å². The summed E-state index contributed by atoms with van der Waals surface area (Å²) in [5, 5.41) is 11.3. The van der Waals surface area contributed by atoms with E-state index in [1.54, 1.807) is 0 Å². The topological polar surface area (TPSA) is 23.5 Å². The molecule has 0 saturated carbocycles. The first kappa shape index (κ1) is 13.9. The monoisotopic (exact) mass is 267 g/mol. The van der Waals surface area contributed by atoms with Crippen molar-refractivity contribution >= 4 is 11.6 Å². The second-order valence-corrected chi connectivity index (χ2v) is 6.07. The fourth-order valence-electron chi connectivity index (χ4n) is 2.63. The summed E-state index contributed by atoms with van der Waals surface area (Å²) in [6.07, 6.45) is 2.70. The Labute approximate surface area is 115 Å². The highest BCUT2D eigenvalue weighted by Crippen LogP contribution is 2.27. The van der Waals surface area contributed by atoms with Crippen LogP contribution in [0.25, 0.3) is 0 Å². The Morgan fingerprint density at radius 1 is 1.28 bits per heavy atom. The van der Waals surface area contributed by atoms with E-state index in [0.717, 1.165) is 23.7 Å². The number of rotatable bonds is 4. The zero-order valence-corrected chi connectivity index (χ0v) is 12.0. The van der Waals surface area contributed by atoms with E-state index in [1.165, 1.54) is 12.8 Å². The third-order valence-electron chi connectivity index (χ3n) is 4.11. The van der Waals surface area contributed by atoms with E-state index in [1.807, 2.05) is 24.3 Å². The molecule has 1 atom stereocenters. The zero-order chi connectivity index (χ0) is 13.2. The highest BCUT2D eigenvalue weighted by molar-refractivity contribution is 6.31. The Morgan fingerprint density at radius 3 is 2.50 bits per heavy atom. The van der Waals surface area contributed by atoms with Crippen molar-refractivity contribution in [2.24, 2.45) is 0 Å². The van der Waals surface area contributed by atoms with Gasteiger partial charge in [0.1, 0.15) is 0 Å². The van der Waals surface area contributed by atoms with Gasteiger partial charge >= 0.3 is 0 Å². The van der Waals surface area contributed by atoms with E-state index in [9.17, 15) is 5.11 Å². The second-order valence-electron chi connectivity index (χ2n) is 5.66. The maximum absolute atomic E-state index is 10.5. The van der Waals surface area contributed by atoms with Crippen LogP contribution in [0.1, 0.15) is 32.3 Å². The van der Waals surface area contributed by atoms with Gasteiger partial charge in [-0.2, -0.15) is 0 Å². The Hall–Kier alpha value is -0.570. The number of nitrogens with zero attached hydrogens (tertiary/aromatic N) is 1.